The van der Waals surface area contributed by atoms with Gasteiger partial charge in [-0.1, -0.05) is 28.1 Å². The molecule has 1 N–H and O–H groups in total. The second kappa shape index (κ2) is 6.50. The molecule has 0 atom stereocenters. The fraction of sp³-hybridized carbons (Fsp3) is 0.176. The average molecular weight is 376 g/mol. The lowest BCUT2D eigenvalue weighted by molar-refractivity contribution is 0.0948. The highest BCUT2D eigenvalue weighted by molar-refractivity contribution is 9.10. The molecule has 23 heavy (non-hydrogen) atoms. The Balaban J connectivity index is 1.70. The Bertz CT molecular complexity index is 875. The van der Waals surface area contributed by atoms with Crippen LogP contribution < -0.4 is 5.32 Å². The first-order valence-corrected chi connectivity index (χ1v) is 8.00. The monoisotopic (exact) mass is 375 g/mol. The molecule has 1 amide bonds. The molecule has 0 radical (unpaired) electrons. The Morgan fingerprint density at radius 2 is 2.09 bits per heavy atom. The first-order valence-electron chi connectivity index (χ1n) is 7.21. The van der Waals surface area contributed by atoms with E-state index in [2.05, 4.69) is 26.2 Å². The van der Waals surface area contributed by atoms with Gasteiger partial charge in [-0.25, -0.2) is 9.37 Å². The number of nitrogens with one attached hydrogen (secondary N) is 1. The molecule has 2 aromatic carbocycles. The minimum Gasteiger partial charge on any atom is -0.350 e. The Hall–Kier alpha value is -2.21. The van der Waals surface area contributed by atoms with Crippen LogP contribution in [0.3, 0.4) is 0 Å². The van der Waals surface area contributed by atoms with Crippen LogP contribution in [0.4, 0.5) is 4.39 Å². The summed E-state index contributed by atoms with van der Waals surface area (Å²) in [5, 5.41) is 2.75. The second-order valence-corrected chi connectivity index (χ2v) is 6.10. The van der Waals surface area contributed by atoms with Crippen molar-refractivity contribution in [2.45, 2.75) is 13.5 Å². The molecule has 1 heterocycles. The number of carbonyl (C=O) groups excluding carboxylic acids is 1. The van der Waals surface area contributed by atoms with E-state index >= 15 is 0 Å². The zero-order valence-electron chi connectivity index (χ0n) is 12.5. The predicted octanol–water partition coefficient (Wildman–Crippen LogP) is 3.68. The van der Waals surface area contributed by atoms with Gasteiger partial charge in [-0.15, -0.1) is 0 Å². The van der Waals surface area contributed by atoms with Crippen molar-refractivity contribution in [3.05, 3.63) is 64.1 Å². The fourth-order valence-electron chi connectivity index (χ4n) is 2.53. The third-order valence-electron chi connectivity index (χ3n) is 3.64. The third kappa shape index (κ3) is 3.27. The van der Waals surface area contributed by atoms with Crippen LogP contribution >= 0.6 is 15.9 Å². The molecule has 0 spiro atoms. The highest BCUT2D eigenvalue weighted by Crippen LogP contribution is 2.16. The lowest BCUT2D eigenvalue weighted by Crippen LogP contribution is -2.28. The first-order chi connectivity index (χ1) is 11.1. The van der Waals surface area contributed by atoms with E-state index in [9.17, 15) is 9.18 Å². The summed E-state index contributed by atoms with van der Waals surface area (Å²) in [5.74, 6) is -0.0741. The molecule has 0 fully saturated rings. The molecule has 118 valence electrons. The zero-order valence-corrected chi connectivity index (χ0v) is 14.1. The summed E-state index contributed by atoms with van der Waals surface area (Å²) < 4.78 is 16.4. The number of fused-ring (bicyclic) bond motifs is 1. The normalized spacial score (nSPS) is 10.9. The van der Waals surface area contributed by atoms with E-state index < -0.39 is 11.7 Å². The van der Waals surface area contributed by atoms with Gasteiger partial charge in [0.05, 0.1) is 16.6 Å². The van der Waals surface area contributed by atoms with Crippen molar-refractivity contribution in [1.82, 2.24) is 14.9 Å². The van der Waals surface area contributed by atoms with Crippen molar-refractivity contribution in [1.29, 1.82) is 0 Å². The largest absolute Gasteiger partial charge is 0.350 e. The summed E-state index contributed by atoms with van der Waals surface area (Å²) in [6, 6.07) is 12.1. The van der Waals surface area contributed by atoms with E-state index in [1.165, 1.54) is 12.1 Å². The summed E-state index contributed by atoms with van der Waals surface area (Å²) in [6.07, 6.45) is 0. The minimum absolute atomic E-state index is 0.0339. The number of aromatic nitrogens is 2. The van der Waals surface area contributed by atoms with Gasteiger partial charge in [0.25, 0.3) is 5.91 Å². The average Bonchev–Trinajstić information content (AvgIpc) is 2.85. The number of carbonyl (C=O) groups is 1. The van der Waals surface area contributed by atoms with Crippen molar-refractivity contribution in [3.63, 3.8) is 0 Å². The smallest absolute Gasteiger partial charge is 0.254 e. The molecular formula is C17H15BrFN3O. The van der Waals surface area contributed by atoms with Gasteiger partial charge in [0.2, 0.25) is 0 Å². The van der Waals surface area contributed by atoms with Crippen LogP contribution in [0.25, 0.3) is 11.0 Å². The van der Waals surface area contributed by atoms with Crippen molar-refractivity contribution in [2.75, 3.05) is 6.54 Å². The van der Waals surface area contributed by atoms with Crippen LogP contribution in [-0.2, 0) is 6.54 Å². The van der Waals surface area contributed by atoms with Gasteiger partial charge in [0.15, 0.2) is 0 Å². The van der Waals surface area contributed by atoms with E-state index in [1.54, 1.807) is 6.07 Å². The number of hydrogen-bond donors (Lipinski definition) is 1. The van der Waals surface area contributed by atoms with Gasteiger partial charge in [-0.05, 0) is 37.3 Å². The van der Waals surface area contributed by atoms with Crippen LogP contribution in [0.2, 0.25) is 0 Å². The van der Waals surface area contributed by atoms with Crippen LogP contribution in [0, 0.1) is 12.7 Å². The molecule has 0 aliphatic heterocycles. The Morgan fingerprint density at radius 1 is 1.30 bits per heavy atom. The molecular weight excluding hydrogens is 361 g/mol. The Labute approximate surface area is 141 Å². The lowest BCUT2D eigenvalue weighted by atomic mass is 10.2. The predicted molar refractivity (Wildman–Crippen MR) is 90.9 cm³/mol. The summed E-state index contributed by atoms with van der Waals surface area (Å²) in [4.78, 5) is 16.6. The van der Waals surface area contributed by atoms with E-state index in [0.29, 0.717) is 17.6 Å². The Morgan fingerprint density at radius 3 is 2.91 bits per heavy atom. The molecule has 0 saturated heterocycles. The van der Waals surface area contributed by atoms with Crippen molar-refractivity contribution in [3.8, 4) is 0 Å². The maximum absolute atomic E-state index is 13.7. The van der Waals surface area contributed by atoms with E-state index in [0.717, 1.165) is 16.9 Å². The molecule has 4 nitrogen and oxygen atoms in total. The summed E-state index contributed by atoms with van der Waals surface area (Å²) >= 11 is 3.24. The summed E-state index contributed by atoms with van der Waals surface area (Å²) in [7, 11) is 0. The maximum atomic E-state index is 13.7. The van der Waals surface area contributed by atoms with E-state index in [-0.39, 0.29) is 5.56 Å². The highest BCUT2D eigenvalue weighted by Gasteiger charge is 2.12. The molecule has 0 aliphatic carbocycles. The van der Waals surface area contributed by atoms with Crippen molar-refractivity contribution < 1.29 is 9.18 Å². The molecule has 3 rings (SSSR count). The van der Waals surface area contributed by atoms with Crippen molar-refractivity contribution in [2.24, 2.45) is 0 Å². The molecule has 3 aromatic rings. The van der Waals surface area contributed by atoms with Crippen LogP contribution in [-0.4, -0.2) is 22.0 Å². The topological polar surface area (TPSA) is 46.9 Å². The number of benzene rings is 2. The quantitative estimate of drug-likeness (QED) is 0.755. The van der Waals surface area contributed by atoms with Crippen LogP contribution in [0.1, 0.15) is 16.2 Å². The van der Waals surface area contributed by atoms with Gasteiger partial charge >= 0.3 is 0 Å². The maximum Gasteiger partial charge on any atom is 0.254 e. The number of halogens is 2. The zero-order chi connectivity index (χ0) is 16.4. The van der Waals surface area contributed by atoms with Crippen LogP contribution in [0.5, 0.6) is 0 Å². The lowest BCUT2D eigenvalue weighted by Gasteiger charge is -2.09. The minimum atomic E-state index is -0.532. The van der Waals surface area contributed by atoms with E-state index in [4.69, 9.17) is 0 Å². The molecule has 0 aliphatic rings. The van der Waals surface area contributed by atoms with Gasteiger partial charge in [-0.2, -0.15) is 0 Å². The standard InChI is InChI=1S/C17H15BrFN3O/c1-11-21-15-4-2-3-5-16(15)22(11)9-8-20-17(23)13-10-12(18)6-7-14(13)19/h2-7,10H,8-9H2,1H3,(H,20,23). The van der Waals surface area contributed by atoms with Crippen LogP contribution in [0.15, 0.2) is 46.9 Å². The number of nitrogens with zero attached hydrogens (tertiary/aromatic N) is 2. The number of aryl methyl sites for hydroxylation is 1. The molecule has 1 aromatic heterocycles. The van der Waals surface area contributed by atoms with Gasteiger partial charge in [-0.3, -0.25) is 4.79 Å². The van der Waals surface area contributed by atoms with Gasteiger partial charge < -0.3 is 9.88 Å². The molecule has 0 unspecified atom stereocenters. The first kappa shape index (κ1) is 15.7. The molecule has 0 saturated carbocycles. The number of para-hydroxylation sites is 2. The number of rotatable bonds is 4. The second-order valence-electron chi connectivity index (χ2n) is 5.18. The third-order valence-corrected chi connectivity index (χ3v) is 4.13. The molecule has 0 bridgehead atoms. The van der Waals surface area contributed by atoms with Crippen molar-refractivity contribution >= 4 is 32.9 Å². The fourth-order valence-corrected chi connectivity index (χ4v) is 2.89. The number of hydrogen-bond acceptors (Lipinski definition) is 2. The van der Waals surface area contributed by atoms with Gasteiger partial charge in [0.1, 0.15) is 11.6 Å². The highest BCUT2D eigenvalue weighted by atomic mass is 79.9. The number of amides is 1. The SMILES string of the molecule is Cc1nc2ccccc2n1CCNC(=O)c1cc(Br)ccc1F. The summed E-state index contributed by atoms with van der Waals surface area (Å²) in [6.45, 7) is 2.90. The number of imidazole rings is 1. The van der Waals surface area contributed by atoms with E-state index in [1.807, 2.05) is 35.8 Å². The summed E-state index contributed by atoms with van der Waals surface area (Å²) in [5.41, 5.74) is 1.98. The molecule has 6 heteroatoms. The van der Waals surface area contributed by atoms with Gasteiger partial charge in [0, 0.05) is 17.6 Å². The Kier molecular flexibility index (Phi) is 4.43.